The van der Waals surface area contributed by atoms with Gasteiger partial charge in [-0.1, -0.05) is 13.0 Å². The molecule has 2 rings (SSSR count). The number of carbonyl (C=O) groups is 3. The van der Waals surface area contributed by atoms with E-state index in [1.54, 1.807) is 18.2 Å². The number of nitrogens with two attached hydrogens (primary N) is 1. The Kier molecular flexibility index (Phi) is 4.11. The van der Waals surface area contributed by atoms with Gasteiger partial charge < -0.3 is 21.1 Å². The third-order valence-electron chi connectivity index (χ3n) is 3.59. The van der Waals surface area contributed by atoms with Crippen molar-refractivity contribution in [1.29, 1.82) is 0 Å². The number of amides is 3. The minimum absolute atomic E-state index is 0.0848. The monoisotopic (exact) mass is 291 g/mol. The molecule has 4 N–H and O–H groups in total. The first-order valence-electron chi connectivity index (χ1n) is 6.57. The summed E-state index contributed by atoms with van der Waals surface area (Å²) in [5, 5.41) is 11.5. The van der Waals surface area contributed by atoms with Gasteiger partial charge in [0.2, 0.25) is 0 Å². The number of rotatable bonds is 3. The van der Waals surface area contributed by atoms with Crippen LogP contribution in [0.15, 0.2) is 24.3 Å². The highest BCUT2D eigenvalue weighted by Crippen LogP contribution is 2.25. The number of nitrogens with one attached hydrogen (secondary N) is 1. The maximum Gasteiger partial charge on any atom is 0.316 e. The predicted octanol–water partition coefficient (Wildman–Crippen LogP) is 0.970. The van der Waals surface area contributed by atoms with Gasteiger partial charge in [-0.25, -0.2) is 4.79 Å². The number of urea groups is 1. The van der Waals surface area contributed by atoms with E-state index in [-0.39, 0.29) is 18.4 Å². The number of anilines is 1. The van der Waals surface area contributed by atoms with E-state index in [0.717, 1.165) is 0 Å². The highest BCUT2D eigenvalue weighted by atomic mass is 16.4. The Hall–Kier alpha value is -2.57. The molecule has 7 nitrogen and oxygen atoms in total. The van der Waals surface area contributed by atoms with E-state index >= 15 is 0 Å². The lowest BCUT2D eigenvalue weighted by molar-refractivity contribution is -0.142. The number of benzene rings is 1. The molecule has 3 amide bonds. The summed E-state index contributed by atoms with van der Waals surface area (Å²) < 4.78 is 0. The van der Waals surface area contributed by atoms with Gasteiger partial charge in [0.15, 0.2) is 0 Å². The molecule has 21 heavy (non-hydrogen) atoms. The van der Waals surface area contributed by atoms with E-state index in [4.69, 9.17) is 10.8 Å². The molecule has 0 aliphatic carbocycles. The zero-order chi connectivity index (χ0) is 15.6. The average molecular weight is 291 g/mol. The Morgan fingerprint density at radius 2 is 2.05 bits per heavy atom. The molecule has 1 aliphatic rings. The zero-order valence-corrected chi connectivity index (χ0v) is 11.6. The van der Waals surface area contributed by atoms with Crippen molar-refractivity contribution >= 4 is 23.6 Å². The molecule has 2 atom stereocenters. The summed E-state index contributed by atoms with van der Waals surface area (Å²) >= 11 is 0. The molecule has 1 heterocycles. The Morgan fingerprint density at radius 3 is 2.62 bits per heavy atom. The Labute approximate surface area is 121 Å². The molecule has 0 saturated carbocycles. The van der Waals surface area contributed by atoms with Gasteiger partial charge >= 0.3 is 12.0 Å². The number of hydrogen-bond donors (Lipinski definition) is 3. The minimum atomic E-state index is -0.887. The zero-order valence-electron chi connectivity index (χ0n) is 11.6. The van der Waals surface area contributed by atoms with Gasteiger partial charge in [-0.3, -0.25) is 9.59 Å². The van der Waals surface area contributed by atoms with Crippen LogP contribution < -0.4 is 11.1 Å². The van der Waals surface area contributed by atoms with Crippen LogP contribution in [0.5, 0.6) is 0 Å². The first-order chi connectivity index (χ1) is 9.88. The van der Waals surface area contributed by atoms with Crippen molar-refractivity contribution in [3.63, 3.8) is 0 Å². The van der Waals surface area contributed by atoms with Crippen molar-refractivity contribution < 1.29 is 19.5 Å². The Bertz CT molecular complexity index is 587. The lowest BCUT2D eigenvalue weighted by Gasteiger charge is -2.16. The maximum absolute atomic E-state index is 12.4. The summed E-state index contributed by atoms with van der Waals surface area (Å²) in [6, 6.07) is 5.68. The number of primary amides is 1. The van der Waals surface area contributed by atoms with Crippen molar-refractivity contribution in [3.05, 3.63) is 29.8 Å². The smallest absolute Gasteiger partial charge is 0.316 e. The summed E-state index contributed by atoms with van der Waals surface area (Å²) in [5.41, 5.74) is 5.85. The van der Waals surface area contributed by atoms with Crippen molar-refractivity contribution in [2.24, 2.45) is 17.6 Å². The van der Waals surface area contributed by atoms with E-state index in [0.29, 0.717) is 17.8 Å². The first-order valence-corrected chi connectivity index (χ1v) is 6.57. The second-order valence-corrected chi connectivity index (χ2v) is 5.20. The molecule has 112 valence electrons. The Balaban J connectivity index is 2.14. The number of carboxylic acid groups (broad SMARTS) is 1. The van der Waals surface area contributed by atoms with Crippen molar-refractivity contribution in [3.8, 4) is 0 Å². The molecular formula is C14H17N3O4. The lowest BCUT2D eigenvalue weighted by Crippen LogP contribution is -2.30. The van der Waals surface area contributed by atoms with E-state index in [2.05, 4.69) is 5.32 Å². The first kappa shape index (κ1) is 14.8. The highest BCUT2D eigenvalue weighted by molar-refractivity contribution is 5.97. The van der Waals surface area contributed by atoms with Crippen molar-refractivity contribution in [2.45, 2.75) is 6.92 Å². The number of nitrogens with zero attached hydrogens (tertiary/aromatic N) is 1. The van der Waals surface area contributed by atoms with Gasteiger partial charge in [0.1, 0.15) is 0 Å². The number of carbonyl (C=O) groups excluding carboxylic acids is 2. The minimum Gasteiger partial charge on any atom is -0.481 e. The fourth-order valence-electron chi connectivity index (χ4n) is 2.51. The molecule has 0 bridgehead atoms. The molecule has 1 saturated heterocycles. The normalized spacial score (nSPS) is 21.1. The van der Waals surface area contributed by atoms with Gasteiger partial charge in [-0.2, -0.15) is 0 Å². The number of likely N-dealkylation sites (tertiary alicyclic amines) is 1. The second-order valence-electron chi connectivity index (χ2n) is 5.20. The summed E-state index contributed by atoms with van der Waals surface area (Å²) in [4.78, 5) is 35.8. The van der Waals surface area contributed by atoms with Crippen molar-refractivity contribution in [2.75, 3.05) is 18.4 Å². The van der Waals surface area contributed by atoms with Gasteiger partial charge in [0.25, 0.3) is 5.91 Å². The van der Waals surface area contributed by atoms with E-state index in [1.807, 2.05) is 6.92 Å². The van der Waals surface area contributed by atoms with Crippen molar-refractivity contribution in [1.82, 2.24) is 4.90 Å². The molecule has 1 aromatic carbocycles. The van der Waals surface area contributed by atoms with Gasteiger partial charge in [-0.05, 0) is 24.1 Å². The molecule has 0 radical (unpaired) electrons. The standard InChI is InChI=1S/C14H17N3O4/c1-8-6-17(7-11(8)13(19)20)12(18)9-3-2-4-10(5-9)16-14(15)21/h2-5,8,11H,6-7H2,1H3,(H,19,20)(H3,15,16,21)/t8-,11-/m1/s1. The highest BCUT2D eigenvalue weighted by Gasteiger charge is 2.37. The largest absolute Gasteiger partial charge is 0.481 e. The maximum atomic E-state index is 12.4. The van der Waals surface area contributed by atoms with Gasteiger partial charge in [0, 0.05) is 24.3 Å². The quantitative estimate of drug-likeness (QED) is 0.770. The third-order valence-corrected chi connectivity index (χ3v) is 3.59. The van der Waals surface area contributed by atoms with E-state index in [1.165, 1.54) is 11.0 Å². The van der Waals surface area contributed by atoms with Crippen LogP contribution in [0.2, 0.25) is 0 Å². The van der Waals surface area contributed by atoms with Crippen LogP contribution in [-0.4, -0.2) is 41.0 Å². The SMILES string of the molecule is C[C@@H]1CN(C(=O)c2cccc(NC(N)=O)c2)C[C@H]1C(=O)O. The molecule has 7 heteroatoms. The molecule has 0 aromatic heterocycles. The van der Waals surface area contributed by atoms with Crippen LogP contribution in [0.25, 0.3) is 0 Å². The number of aliphatic carboxylic acids is 1. The fourth-order valence-corrected chi connectivity index (χ4v) is 2.51. The average Bonchev–Trinajstić information content (AvgIpc) is 2.79. The van der Waals surface area contributed by atoms with E-state index in [9.17, 15) is 14.4 Å². The van der Waals surface area contributed by atoms with Crippen LogP contribution >= 0.6 is 0 Å². The summed E-state index contributed by atoms with van der Waals surface area (Å²) in [6.07, 6.45) is 0. The fraction of sp³-hybridized carbons (Fsp3) is 0.357. The number of hydrogen-bond acceptors (Lipinski definition) is 3. The van der Waals surface area contributed by atoms with Crippen LogP contribution in [-0.2, 0) is 4.79 Å². The predicted molar refractivity (Wildman–Crippen MR) is 75.8 cm³/mol. The van der Waals surface area contributed by atoms with E-state index < -0.39 is 17.9 Å². The van der Waals surface area contributed by atoms with Gasteiger partial charge in [0.05, 0.1) is 5.92 Å². The molecule has 1 aliphatic heterocycles. The molecule has 0 unspecified atom stereocenters. The number of carboxylic acids is 1. The second kappa shape index (κ2) is 5.82. The Morgan fingerprint density at radius 1 is 1.33 bits per heavy atom. The lowest BCUT2D eigenvalue weighted by atomic mass is 9.99. The topological polar surface area (TPSA) is 113 Å². The third kappa shape index (κ3) is 3.31. The summed E-state index contributed by atoms with van der Waals surface area (Å²) in [5.74, 6) is -1.76. The molecular weight excluding hydrogens is 274 g/mol. The van der Waals surface area contributed by atoms with Crippen LogP contribution in [0, 0.1) is 11.8 Å². The molecule has 0 spiro atoms. The van der Waals surface area contributed by atoms with Crippen LogP contribution in [0.3, 0.4) is 0 Å². The van der Waals surface area contributed by atoms with Gasteiger partial charge in [-0.15, -0.1) is 0 Å². The summed E-state index contributed by atoms with van der Waals surface area (Å²) in [7, 11) is 0. The molecule has 1 aromatic rings. The van der Waals surface area contributed by atoms with Crippen LogP contribution in [0.1, 0.15) is 17.3 Å². The van der Waals surface area contributed by atoms with Crippen LogP contribution in [0.4, 0.5) is 10.5 Å². The summed E-state index contributed by atoms with van der Waals surface area (Å²) in [6.45, 7) is 2.42. The molecule has 1 fully saturated rings.